The molecule has 1 nitrogen and oxygen atoms in total. The van der Waals surface area contributed by atoms with Crippen LogP contribution in [0.4, 0.5) is 4.39 Å². The maximum absolute atomic E-state index is 13.9. The molecule has 0 bridgehead atoms. The Balaban J connectivity index is 2.30. The second-order valence-electron chi connectivity index (χ2n) is 5.59. The highest BCUT2D eigenvalue weighted by Crippen LogP contribution is 2.25. The molecule has 21 heavy (non-hydrogen) atoms. The SMILES string of the molecule is CCCNC(Cc1ccccc1F)c1cccc(C)c1C. The Hall–Kier alpha value is -1.67. The van der Waals surface area contributed by atoms with Crippen molar-refractivity contribution in [2.45, 2.75) is 39.7 Å². The molecule has 0 heterocycles. The molecule has 1 unspecified atom stereocenters. The Labute approximate surface area is 127 Å². The van der Waals surface area contributed by atoms with Gasteiger partial charge in [0.25, 0.3) is 0 Å². The van der Waals surface area contributed by atoms with E-state index >= 15 is 0 Å². The molecule has 1 N–H and O–H groups in total. The third-order valence-corrected chi connectivity index (χ3v) is 4.04. The average molecular weight is 285 g/mol. The van der Waals surface area contributed by atoms with Crippen LogP contribution in [0.25, 0.3) is 0 Å². The number of hydrogen-bond donors (Lipinski definition) is 1. The molecule has 0 saturated carbocycles. The first-order valence-electron chi connectivity index (χ1n) is 7.66. The van der Waals surface area contributed by atoms with Crippen LogP contribution in [0.1, 0.15) is 41.6 Å². The minimum Gasteiger partial charge on any atom is -0.310 e. The molecule has 0 amide bonds. The van der Waals surface area contributed by atoms with Gasteiger partial charge in [-0.05, 0) is 61.6 Å². The van der Waals surface area contributed by atoms with Crippen molar-refractivity contribution < 1.29 is 4.39 Å². The van der Waals surface area contributed by atoms with Gasteiger partial charge in [-0.25, -0.2) is 4.39 Å². The number of rotatable bonds is 6. The molecule has 0 radical (unpaired) electrons. The van der Waals surface area contributed by atoms with E-state index in [9.17, 15) is 4.39 Å². The van der Waals surface area contributed by atoms with E-state index in [2.05, 4.69) is 44.3 Å². The predicted molar refractivity (Wildman–Crippen MR) is 87.1 cm³/mol. The average Bonchev–Trinajstić information content (AvgIpc) is 2.48. The van der Waals surface area contributed by atoms with Crippen molar-refractivity contribution in [1.29, 1.82) is 0 Å². The van der Waals surface area contributed by atoms with E-state index in [-0.39, 0.29) is 11.9 Å². The number of aryl methyl sites for hydroxylation is 1. The van der Waals surface area contributed by atoms with Crippen LogP contribution < -0.4 is 5.32 Å². The summed E-state index contributed by atoms with van der Waals surface area (Å²) in [6, 6.07) is 13.6. The topological polar surface area (TPSA) is 12.0 Å². The van der Waals surface area contributed by atoms with Crippen LogP contribution in [0, 0.1) is 19.7 Å². The van der Waals surface area contributed by atoms with Gasteiger partial charge in [-0.3, -0.25) is 0 Å². The van der Waals surface area contributed by atoms with Crippen LogP contribution in [-0.2, 0) is 6.42 Å². The standard InChI is InChI=1S/C19H24FN/c1-4-12-21-19(13-16-9-5-6-11-18(16)20)17-10-7-8-14(2)15(17)3/h5-11,19,21H,4,12-13H2,1-3H3. The quantitative estimate of drug-likeness (QED) is 0.809. The first-order valence-corrected chi connectivity index (χ1v) is 7.66. The first kappa shape index (κ1) is 15.7. The minimum atomic E-state index is -0.119. The molecule has 0 saturated heterocycles. The molecule has 2 aromatic carbocycles. The number of halogens is 1. The van der Waals surface area contributed by atoms with Crippen LogP contribution in [0.15, 0.2) is 42.5 Å². The van der Waals surface area contributed by atoms with Crippen molar-refractivity contribution in [3.63, 3.8) is 0 Å². The molecule has 0 aliphatic carbocycles. The highest BCUT2D eigenvalue weighted by molar-refractivity contribution is 5.36. The zero-order valence-electron chi connectivity index (χ0n) is 13.1. The summed E-state index contributed by atoms with van der Waals surface area (Å²) in [4.78, 5) is 0. The molecule has 2 rings (SSSR count). The van der Waals surface area contributed by atoms with Gasteiger partial charge in [-0.1, -0.05) is 43.3 Å². The zero-order valence-corrected chi connectivity index (χ0v) is 13.1. The highest BCUT2D eigenvalue weighted by atomic mass is 19.1. The van der Waals surface area contributed by atoms with Crippen molar-refractivity contribution in [1.82, 2.24) is 5.32 Å². The molecule has 112 valence electrons. The van der Waals surface area contributed by atoms with E-state index in [1.807, 2.05) is 12.1 Å². The molecule has 0 spiro atoms. The van der Waals surface area contributed by atoms with Crippen LogP contribution in [0.2, 0.25) is 0 Å². The predicted octanol–water partition coefficient (Wildman–Crippen LogP) is 4.73. The summed E-state index contributed by atoms with van der Waals surface area (Å²) >= 11 is 0. The van der Waals surface area contributed by atoms with Gasteiger partial charge in [0.1, 0.15) is 5.82 Å². The van der Waals surface area contributed by atoms with Crippen molar-refractivity contribution in [3.05, 3.63) is 70.5 Å². The molecular formula is C19H24FN. The summed E-state index contributed by atoms with van der Waals surface area (Å²) in [5.41, 5.74) is 4.62. The highest BCUT2D eigenvalue weighted by Gasteiger charge is 2.16. The summed E-state index contributed by atoms with van der Waals surface area (Å²) in [6.07, 6.45) is 1.75. The summed E-state index contributed by atoms with van der Waals surface area (Å²) in [7, 11) is 0. The van der Waals surface area contributed by atoms with E-state index in [4.69, 9.17) is 0 Å². The maximum Gasteiger partial charge on any atom is 0.126 e. The summed E-state index contributed by atoms with van der Waals surface area (Å²) in [5.74, 6) is -0.119. The van der Waals surface area contributed by atoms with E-state index in [0.29, 0.717) is 6.42 Å². The fourth-order valence-electron chi connectivity index (χ4n) is 2.65. The minimum absolute atomic E-state index is 0.119. The monoisotopic (exact) mass is 285 g/mol. The van der Waals surface area contributed by atoms with Gasteiger partial charge >= 0.3 is 0 Å². The fraction of sp³-hybridized carbons (Fsp3) is 0.368. The second-order valence-corrected chi connectivity index (χ2v) is 5.59. The van der Waals surface area contributed by atoms with Crippen LogP contribution in [-0.4, -0.2) is 6.54 Å². The Morgan fingerprint density at radius 3 is 2.52 bits per heavy atom. The lowest BCUT2D eigenvalue weighted by Crippen LogP contribution is -2.25. The lowest BCUT2D eigenvalue weighted by Gasteiger charge is -2.22. The summed E-state index contributed by atoms with van der Waals surface area (Å²) < 4.78 is 13.9. The molecule has 0 aromatic heterocycles. The van der Waals surface area contributed by atoms with E-state index in [1.54, 1.807) is 6.07 Å². The molecule has 1 atom stereocenters. The Morgan fingerprint density at radius 2 is 1.81 bits per heavy atom. The number of hydrogen-bond acceptors (Lipinski definition) is 1. The Bertz CT molecular complexity index is 592. The molecule has 2 aromatic rings. The van der Waals surface area contributed by atoms with Gasteiger partial charge in [0, 0.05) is 6.04 Å². The van der Waals surface area contributed by atoms with Gasteiger partial charge in [-0.15, -0.1) is 0 Å². The zero-order chi connectivity index (χ0) is 15.2. The van der Waals surface area contributed by atoms with Crippen LogP contribution in [0.5, 0.6) is 0 Å². The van der Waals surface area contributed by atoms with Crippen molar-refractivity contribution in [3.8, 4) is 0 Å². The molecule has 0 aliphatic heterocycles. The van der Waals surface area contributed by atoms with E-state index in [0.717, 1.165) is 18.5 Å². The number of benzene rings is 2. The lowest BCUT2D eigenvalue weighted by atomic mass is 9.93. The van der Waals surface area contributed by atoms with Crippen molar-refractivity contribution in [2.24, 2.45) is 0 Å². The Morgan fingerprint density at radius 1 is 1.05 bits per heavy atom. The maximum atomic E-state index is 13.9. The molecular weight excluding hydrogens is 261 g/mol. The van der Waals surface area contributed by atoms with Gasteiger partial charge in [0.2, 0.25) is 0 Å². The second kappa shape index (κ2) is 7.37. The summed E-state index contributed by atoms with van der Waals surface area (Å²) in [6.45, 7) is 7.36. The van der Waals surface area contributed by atoms with E-state index in [1.165, 1.54) is 22.8 Å². The largest absolute Gasteiger partial charge is 0.310 e. The summed E-state index contributed by atoms with van der Waals surface area (Å²) in [5, 5.41) is 3.56. The third kappa shape index (κ3) is 3.92. The third-order valence-electron chi connectivity index (χ3n) is 4.04. The van der Waals surface area contributed by atoms with Gasteiger partial charge < -0.3 is 5.32 Å². The van der Waals surface area contributed by atoms with Gasteiger partial charge in [0.15, 0.2) is 0 Å². The fourth-order valence-corrected chi connectivity index (χ4v) is 2.65. The molecule has 0 aliphatic rings. The Kier molecular flexibility index (Phi) is 5.51. The smallest absolute Gasteiger partial charge is 0.126 e. The normalized spacial score (nSPS) is 12.4. The first-order chi connectivity index (χ1) is 10.1. The molecule has 2 heteroatoms. The van der Waals surface area contributed by atoms with E-state index < -0.39 is 0 Å². The van der Waals surface area contributed by atoms with Crippen molar-refractivity contribution >= 4 is 0 Å². The number of nitrogens with one attached hydrogen (secondary N) is 1. The van der Waals surface area contributed by atoms with Crippen LogP contribution >= 0.6 is 0 Å². The van der Waals surface area contributed by atoms with Gasteiger partial charge in [-0.2, -0.15) is 0 Å². The van der Waals surface area contributed by atoms with Gasteiger partial charge in [0.05, 0.1) is 0 Å². The van der Waals surface area contributed by atoms with Crippen molar-refractivity contribution in [2.75, 3.05) is 6.54 Å². The molecule has 0 fully saturated rings. The van der Waals surface area contributed by atoms with Crippen LogP contribution in [0.3, 0.4) is 0 Å². The lowest BCUT2D eigenvalue weighted by molar-refractivity contribution is 0.511.